The van der Waals surface area contributed by atoms with Crippen molar-refractivity contribution in [3.05, 3.63) is 28.9 Å². The maximum absolute atomic E-state index is 11.1. The van der Waals surface area contributed by atoms with Crippen LogP contribution in [0.1, 0.15) is 12.8 Å². The van der Waals surface area contributed by atoms with Crippen LogP contribution in [0.5, 0.6) is 0 Å². The molecule has 1 N–H and O–H groups in total. The Kier molecular flexibility index (Phi) is 2.63. The van der Waals surface area contributed by atoms with Crippen LogP contribution in [-0.4, -0.2) is 21.7 Å². The van der Waals surface area contributed by atoms with E-state index >= 15 is 0 Å². The van der Waals surface area contributed by atoms with Gasteiger partial charge in [-0.15, -0.1) is 0 Å². The number of nitrogens with one attached hydrogen (secondary N) is 1. The van der Waals surface area contributed by atoms with Crippen molar-refractivity contribution in [2.24, 2.45) is 0 Å². The lowest BCUT2D eigenvalue weighted by molar-refractivity contribution is -0.119. The maximum atomic E-state index is 11.1. The van der Waals surface area contributed by atoms with E-state index < -0.39 is 0 Å². The summed E-state index contributed by atoms with van der Waals surface area (Å²) in [5.41, 5.74) is 1.11. The Balaban J connectivity index is 1.88. The van der Waals surface area contributed by atoms with Crippen molar-refractivity contribution in [3.8, 4) is 0 Å². The molecule has 2 heterocycles. The third kappa shape index (κ3) is 2.07. The van der Waals surface area contributed by atoms with E-state index in [1.165, 1.54) is 0 Å². The van der Waals surface area contributed by atoms with Gasteiger partial charge in [0.1, 0.15) is 0 Å². The molecule has 0 bridgehead atoms. The maximum Gasteiger partial charge on any atom is 0.220 e. The molecule has 1 amide bonds. The minimum atomic E-state index is 0.147. The van der Waals surface area contributed by atoms with Crippen molar-refractivity contribution >= 4 is 32.7 Å². The summed E-state index contributed by atoms with van der Waals surface area (Å²) in [4.78, 5) is 11.1. The van der Waals surface area contributed by atoms with Gasteiger partial charge in [0.2, 0.25) is 5.91 Å². The van der Waals surface area contributed by atoms with Crippen molar-refractivity contribution in [2.45, 2.75) is 25.4 Å². The highest BCUT2D eigenvalue weighted by Crippen LogP contribution is 2.20. The Hall–Kier alpha value is -1.36. The van der Waals surface area contributed by atoms with E-state index in [0.717, 1.165) is 28.3 Å². The van der Waals surface area contributed by atoms with Gasteiger partial charge in [-0.25, -0.2) is 0 Å². The van der Waals surface area contributed by atoms with Crippen LogP contribution in [0, 0.1) is 0 Å². The second-order valence-electron chi connectivity index (χ2n) is 4.33. The lowest BCUT2D eigenvalue weighted by Gasteiger charge is -2.10. The fraction of sp³-hybridized carbons (Fsp3) is 0.333. The van der Waals surface area contributed by atoms with Crippen LogP contribution in [0.2, 0.25) is 0 Å². The fourth-order valence-electron chi connectivity index (χ4n) is 2.23. The molecular weight excluding hydrogens is 282 g/mol. The largest absolute Gasteiger partial charge is 0.351 e. The van der Waals surface area contributed by atoms with E-state index in [0.29, 0.717) is 6.42 Å². The summed E-state index contributed by atoms with van der Waals surface area (Å²) < 4.78 is 3.01. The van der Waals surface area contributed by atoms with Crippen molar-refractivity contribution in [1.29, 1.82) is 0 Å². The third-order valence-electron chi connectivity index (χ3n) is 3.08. The predicted molar refractivity (Wildman–Crippen MR) is 68.6 cm³/mol. The van der Waals surface area contributed by atoms with Gasteiger partial charge in [-0.2, -0.15) is 5.10 Å². The molecule has 0 aliphatic carbocycles. The predicted octanol–water partition coefficient (Wildman–Crippen LogP) is 2.08. The van der Waals surface area contributed by atoms with E-state index in [9.17, 15) is 4.79 Å². The van der Waals surface area contributed by atoms with Gasteiger partial charge in [-0.1, -0.05) is 15.9 Å². The average molecular weight is 294 g/mol. The molecular formula is C12H12BrN3O. The van der Waals surface area contributed by atoms with Crippen molar-refractivity contribution in [2.75, 3.05) is 0 Å². The Morgan fingerprint density at radius 3 is 3.18 bits per heavy atom. The zero-order valence-electron chi connectivity index (χ0n) is 9.19. The second kappa shape index (κ2) is 4.14. The van der Waals surface area contributed by atoms with Gasteiger partial charge in [0.15, 0.2) is 0 Å². The van der Waals surface area contributed by atoms with Crippen molar-refractivity contribution < 1.29 is 4.79 Å². The summed E-state index contributed by atoms with van der Waals surface area (Å²) in [5.74, 6) is 0.147. The average Bonchev–Trinajstić information content (AvgIpc) is 2.86. The van der Waals surface area contributed by atoms with E-state index in [1.807, 2.05) is 29.1 Å². The van der Waals surface area contributed by atoms with Crippen LogP contribution in [0.25, 0.3) is 10.9 Å². The minimum Gasteiger partial charge on any atom is -0.351 e. The van der Waals surface area contributed by atoms with Crippen LogP contribution in [0.4, 0.5) is 0 Å². The molecule has 1 fully saturated rings. The fourth-order valence-corrected chi connectivity index (χ4v) is 2.61. The van der Waals surface area contributed by atoms with Gasteiger partial charge >= 0.3 is 0 Å². The monoisotopic (exact) mass is 293 g/mol. The molecule has 2 aromatic rings. The third-order valence-corrected chi connectivity index (χ3v) is 3.58. The number of nitrogens with zero attached hydrogens (tertiary/aromatic N) is 2. The zero-order chi connectivity index (χ0) is 11.8. The Labute approximate surface area is 107 Å². The molecule has 0 saturated carbocycles. The lowest BCUT2D eigenvalue weighted by Crippen LogP contribution is -2.29. The highest BCUT2D eigenvalue weighted by Gasteiger charge is 2.21. The van der Waals surface area contributed by atoms with Gasteiger partial charge in [-0.3, -0.25) is 9.48 Å². The van der Waals surface area contributed by atoms with Gasteiger partial charge in [0.05, 0.1) is 18.3 Å². The molecule has 5 heteroatoms. The quantitative estimate of drug-likeness (QED) is 0.921. The van der Waals surface area contributed by atoms with Crippen LogP contribution in [0.15, 0.2) is 28.9 Å². The molecule has 1 aromatic carbocycles. The van der Waals surface area contributed by atoms with Crippen molar-refractivity contribution in [1.82, 2.24) is 15.1 Å². The molecule has 88 valence electrons. The van der Waals surface area contributed by atoms with Crippen molar-refractivity contribution in [3.63, 3.8) is 0 Å². The van der Waals surface area contributed by atoms with Gasteiger partial charge in [0.25, 0.3) is 0 Å². The minimum absolute atomic E-state index is 0.147. The molecule has 17 heavy (non-hydrogen) atoms. The molecule has 0 spiro atoms. The van der Waals surface area contributed by atoms with E-state index in [-0.39, 0.29) is 11.9 Å². The summed E-state index contributed by atoms with van der Waals surface area (Å²) in [7, 11) is 0. The molecule has 1 saturated heterocycles. The first-order valence-corrected chi connectivity index (χ1v) is 6.42. The summed E-state index contributed by atoms with van der Waals surface area (Å²) in [6, 6.07) is 6.32. The SMILES string of the molecule is O=C1CC[C@@H](Cn2ncc3cc(Br)ccc32)N1. The highest BCUT2D eigenvalue weighted by atomic mass is 79.9. The lowest BCUT2D eigenvalue weighted by atomic mass is 10.2. The number of carbonyl (C=O) groups is 1. The number of aromatic nitrogens is 2. The Bertz CT molecular complexity index is 578. The number of amides is 1. The van der Waals surface area contributed by atoms with E-state index in [1.54, 1.807) is 0 Å². The van der Waals surface area contributed by atoms with Crippen LogP contribution < -0.4 is 5.32 Å². The summed E-state index contributed by atoms with van der Waals surface area (Å²) in [5, 5.41) is 8.44. The first-order valence-electron chi connectivity index (χ1n) is 5.63. The first-order chi connectivity index (χ1) is 8.22. The number of fused-ring (bicyclic) bond motifs is 1. The molecule has 1 aromatic heterocycles. The van der Waals surface area contributed by atoms with Crippen LogP contribution in [-0.2, 0) is 11.3 Å². The highest BCUT2D eigenvalue weighted by molar-refractivity contribution is 9.10. The Morgan fingerprint density at radius 2 is 2.41 bits per heavy atom. The number of halogens is 1. The van der Waals surface area contributed by atoms with E-state index in [2.05, 4.69) is 26.3 Å². The smallest absolute Gasteiger partial charge is 0.220 e. The van der Waals surface area contributed by atoms with Gasteiger partial charge in [0, 0.05) is 22.3 Å². The van der Waals surface area contributed by atoms with Gasteiger partial charge < -0.3 is 5.32 Å². The standard InChI is InChI=1S/C12H12BrN3O/c13-9-1-3-11-8(5-9)6-14-16(11)7-10-2-4-12(17)15-10/h1,3,5-6,10H,2,4,7H2,(H,15,17)/t10-/m0/s1. The summed E-state index contributed by atoms with van der Waals surface area (Å²) in [6.07, 6.45) is 3.39. The molecule has 0 unspecified atom stereocenters. The van der Waals surface area contributed by atoms with E-state index in [4.69, 9.17) is 0 Å². The zero-order valence-corrected chi connectivity index (χ0v) is 10.8. The number of hydrogen-bond donors (Lipinski definition) is 1. The number of carbonyl (C=O) groups excluding carboxylic acids is 1. The molecule has 4 nitrogen and oxygen atoms in total. The number of hydrogen-bond acceptors (Lipinski definition) is 2. The molecule has 1 aliphatic heterocycles. The number of rotatable bonds is 2. The van der Waals surface area contributed by atoms with Crippen LogP contribution >= 0.6 is 15.9 Å². The number of benzene rings is 1. The molecule has 0 radical (unpaired) electrons. The molecule has 1 atom stereocenters. The van der Waals surface area contributed by atoms with Gasteiger partial charge in [-0.05, 0) is 24.6 Å². The summed E-state index contributed by atoms with van der Waals surface area (Å²) in [6.45, 7) is 0.747. The first kappa shape index (κ1) is 10.8. The molecule has 1 aliphatic rings. The topological polar surface area (TPSA) is 46.9 Å². The van der Waals surface area contributed by atoms with Crippen LogP contribution in [0.3, 0.4) is 0 Å². The Morgan fingerprint density at radius 1 is 1.53 bits per heavy atom. The normalized spacial score (nSPS) is 19.8. The molecule has 3 rings (SSSR count). The summed E-state index contributed by atoms with van der Waals surface area (Å²) >= 11 is 3.44. The second-order valence-corrected chi connectivity index (χ2v) is 5.25.